The summed E-state index contributed by atoms with van der Waals surface area (Å²) in [5.74, 6) is 0.308. The number of aliphatic hydroxyl groups is 2. The van der Waals surface area contributed by atoms with Gasteiger partial charge in [0.2, 0.25) is 0 Å². The van der Waals surface area contributed by atoms with Gasteiger partial charge in [-0.25, -0.2) is 14.8 Å². The molecule has 0 unspecified atom stereocenters. The summed E-state index contributed by atoms with van der Waals surface area (Å²) in [6, 6.07) is 7.56. The van der Waals surface area contributed by atoms with Gasteiger partial charge in [-0.3, -0.25) is 0 Å². The molecule has 1 aromatic carbocycles. The topological polar surface area (TPSA) is 160 Å². The Hall–Kier alpha value is -2.77. The maximum absolute atomic E-state index is 12.2. The molecular weight excluding hydrogens is 542 g/mol. The molecular formula is C25H34BrN7O4. The van der Waals surface area contributed by atoms with Gasteiger partial charge in [0.05, 0.1) is 5.39 Å². The van der Waals surface area contributed by atoms with Gasteiger partial charge in [0.1, 0.15) is 36.1 Å². The molecule has 12 heteroatoms. The molecule has 3 aromatic rings. The first-order valence-electron chi connectivity index (χ1n) is 12.2. The smallest absolute Gasteiger partial charge is 0.319 e. The van der Waals surface area contributed by atoms with Crippen LogP contribution in [0.2, 0.25) is 0 Å². The zero-order valence-electron chi connectivity index (χ0n) is 21.1. The third kappa shape index (κ3) is 6.21. The molecule has 2 aromatic heterocycles. The first kappa shape index (κ1) is 27.3. The fraction of sp³-hybridized carbons (Fsp3) is 0.480. The van der Waals surface area contributed by atoms with E-state index >= 15 is 0 Å². The van der Waals surface area contributed by atoms with Gasteiger partial charge in [0, 0.05) is 29.4 Å². The highest BCUT2D eigenvalue weighted by Crippen LogP contribution is 2.36. The molecule has 1 aliphatic heterocycles. The number of aliphatic hydroxyl groups excluding tert-OH is 2. The summed E-state index contributed by atoms with van der Waals surface area (Å²) in [4.78, 5) is 20.4. The number of hydrogen-bond donors (Lipinski definition) is 6. The van der Waals surface area contributed by atoms with Gasteiger partial charge in [-0.05, 0) is 52.0 Å². The van der Waals surface area contributed by atoms with E-state index in [0.717, 1.165) is 5.69 Å². The minimum absolute atomic E-state index is 0.0592. The van der Waals surface area contributed by atoms with Gasteiger partial charge in [0.25, 0.3) is 0 Å². The van der Waals surface area contributed by atoms with Crippen LogP contribution in [0, 0.1) is 0 Å². The van der Waals surface area contributed by atoms with Crippen molar-refractivity contribution in [3.05, 3.63) is 46.8 Å². The number of carbonyl (C=O) groups is 1. The van der Waals surface area contributed by atoms with Crippen molar-refractivity contribution < 1.29 is 19.7 Å². The Balaban J connectivity index is 1.20. The molecule has 11 nitrogen and oxygen atoms in total. The Morgan fingerprint density at radius 2 is 1.89 bits per heavy atom. The van der Waals surface area contributed by atoms with Crippen LogP contribution in [0.25, 0.3) is 11.0 Å². The molecule has 2 amide bonds. The largest absolute Gasteiger partial charge is 0.387 e. The second-order valence-corrected chi connectivity index (χ2v) is 11.0. The number of hydrogen-bond acceptors (Lipinski definition) is 8. The molecule has 3 heterocycles. The second kappa shape index (κ2) is 11.3. The lowest BCUT2D eigenvalue weighted by Gasteiger charge is -2.19. The minimum atomic E-state index is -1.15. The van der Waals surface area contributed by atoms with E-state index in [-0.39, 0.29) is 11.4 Å². The van der Waals surface area contributed by atoms with E-state index in [1.165, 1.54) is 11.9 Å². The molecule has 0 aliphatic carbocycles. The summed E-state index contributed by atoms with van der Waals surface area (Å²) in [5.41, 5.74) is 8.45. The van der Waals surface area contributed by atoms with Crippen LogP contribution in [-0.2, 0) is 10.2 Å². The molecule has 4 rings (SSSR count). The van der Waals surface area contributed by atoms with Crippen LogP contribution in [0.5, 0.6) is 0 Å². The lowest BCUT2D eigenvalue weighted by atomic mass is 9.87. The van der Waals surface area contributed by atoms with Crippen LogP contribution >= 0.6 is 15.9 Å². The van der Waals surface area contributed by atoms with Crippen LogP contribution in [0.4, 0.5) is 16.3 Å². The normalized spacial score (nSPS) is 21.9. The summed E-state index contributed by atoms with van der Waals surface area (Å²) < 4.78 is 8.29. The van der Waals surface area contributed by atoms with Crippen molar-refractivity contribution in [2.45, 2.75) is 57.1 Å². The Bertz CT molecular complexity index is 1230. The minimum Gasteiger partial charge on any atom is -0.387 e. The number of aromatic nitrogens is 3. The van der Waals surface area contributed by atoms with Crippen LogP contribution in [-0.4, -0.2) is 68.7 Å². The first-order valence-corrected chi connectivity index (χ1v) is 13.0. The summed E-state index contributed by atoms with van der Waals surface area (Å²) in [7, 11) is 0. The van der Waals surface area contributed by atoms with Gasteiger partial charge < -0.3 is 41.2 Å². The predicted molar refractivity (Wildman–Crippen MR) is 145 cm³/mol. The SMILES string of the molecule is CC(C)(C)c1ccc(NC(=O)NCCCNC[C@H]2O[C@@H](n3cc(Br)c4c(N)ncnc43)[C@H](O)[C@@H]2O)cc1. The number of fused-ring (bicyclic) bond motifs is 1. The standard InChI is InChI=1S/C25H34BrN7O4/c1-25(2,3)14-5-7-15(8-6-14)32-24(36)29-10-4-9-28-11-17-19(34)20(35)23(37-17)33-12-16(26)18-21(27)30-13-31-22(18)33/h5-8,12-13,17,19-20,23,28,34-35H,4,9-11H2,1-3H3,(H2,27,30,31)(H2,29,32,36)/t17-,19-,20-,23-/m1/s1. The van der Waals surface area contributed by atoms with Crippen molar-refractivity contribution >= 4 is 44.5 Å². The van der Waals surface area contributed by atoms with Gasteiger partial charge in [0.15, 0.2) is 6.23 Å². The lowest BCUT2D eigenvalue weighted by molar-refractivity contribution is -0.0338. The average molecular weight is 576 g/mol. The van der Waals surface area contributed by atoms with E-state index < -0.39 is 24.5 Å². The number of benzene rings is 1. The van der Waals surface area contributed by atoms with Crippen LogP contribution in [0.3, 0.4) is 0 Å². The average Bonchev–Trinajstić information content (AvgIpc) is 3.33. The van der Waals surface area contributed by atoms with Crippen molar-refractivity contribution in [1.29, 1.82) is 0 Å². The summed E-state index contributed by atoms with van der Waals surface area (Å²) in [6.07, 6.45) is 0.0532. The number of nitrogens with one attached hydrogen (secondary N) is 3. The molecule has 1 aliphatic rings. The van der Waals surface area contributed by atoms with Gasteiger partial charge >= 0.3 is 6.03 Å². The van der Waals surface area contributed by atoms with Crippen molar-refractivity contribution in [2.75, 3.05) is 30.7 Å². The third-order valence-electron chi connectivity index (χ3n) is 6.37. The Kier molecular flexibility index (Phi) is 8.34. The number of amides is 2. The Morgan fingerprint density at radius 1 is 1.16 bits per heavy atom. The van der Waals surface area contributed by atoms with Crippen LogP contribution in [0.1, 0.15) is 39.0 Å². The number of rotatable bonds is 8. The molecule has 7 N–H and O–H groups in total. The molecule has 200 valence electrons. The molecule has 0 radical (unpaired) electrons. The van der Waals surface area contributed by atoms with Crippen molar-refractivity contribution in [3.8, 4) is 0 Å². The Morgan fingerprint density at radius 3 is 2.59 bits per heavy atom. The lowest BCUT2D eigenvalue weighted by Crippen LogP contribution is -2.38. The highest BCUT2D eigenvalue weighted by atomic mass is 79.9. The predicted octanol–water partition coefficient (Wildman–Crippen LogP) is 2.49. The highest BCUT2D eigenvalue weighted by molar-refractivity contribution is 9.10. The zero-order valence-corrected chi connectivity index (χ0v) is 22.7. The van der Waals surface area contributed by atoms with E-state index in [1.54, 1.807) is 10.8 Å². The number of halogens is 1. The van der Waals surface area contributed by atoms with Crippen molar-refractivity contribution in [3.63, 3.8) is 0 Å². The fourth-order valence-corrected chi connectivity index (χ4v) is 4.87. The fourth-order valence-electron chi connectivity index (χ4n) is 4.27. The van der Waals surface area contributed by atoms with Crippen molar-refractivity contribution in [2.24, 2.45) is 0 Å². The van der Waals surface area contributed by atoms with E-state index in [2.05, 4.69) is 62.6 Å². The molecule has 4 atom stereocenters. The van der Waals surface area contributed by atoms with Crippen molar-refractivity contribution in [1.82, 2.24) is 25.2 Å². The zero-order chi connectivity index (χ0) is 26.7. The summed E-state index contributed by atoms with van der Waals surface area (Å²) in [5, 5.41) is 30.7. The number of carbonyl (C=O) groups excluding carboxylic acids is 1. The van der Waals surface area contributed by atoms with E-state index in [0.29, 0.717) is 47.4 Å². The summed E-state index contributed by atoms with van der Waals surface area (Å²) in [6.45, 7) is 7.83. The number of nitrogens with two attached hydrogens (primary N) is 1. The number of urea groups is 1. The molecule has 0 spiro atoms. The second-order valence-electron chi connectivity index (χ2n) is 10.2. The molecule has 1 saturated heterocycles. The Labute approximate surface area is 223 Å². The number of ether oxygens (including phenoxy) is 1. The molecule has 1 fully saturated rings. The maximum Gasteiger partial charge on any atom is 0.319 e. The van der Waals surface area contributed by atoms with Gasteiger partial charge in [-0.2, -0.15) is 0 Å². The number of nitrogens with zero attached hydrogens (tertiary/aromatic N) is 3. The molecule has 0 saturated carbocycles. The maximum atomic E-state index is 12.2. The van der Waals surface area contributed by atoms with E-state index in [1.807, 2.05) is 24.3 Å². The third-order valence-corrected chi connectivity index (χ3v) is 6.98. The van der Waals surface area contributed by atoms with Crippen LogP contribution in [0.15, 0.2) is 41.3 Å². The number of anilines is 2. The van der Waals surface area contributed by atoms with E-state index in [4.69, 9.17) is 10.5 Å². The van der Waals surface area contributed by atoms with E-state index in [9.17, 15) is 15.0 Å². The quantitative estimate of drug-likeness (QED) is 0.223. The van der Waals surface area contributed by atoms with Crippen LogP contribution < -0.4 is 21.7 Å². The van der Waals surface area contributed by atoms with Gasteiger partial charge in [-0.15, -0.1) is 0 Å². The van der Waals surface area contributed by atoms with Gasteiger partial charge in [-0.1, -0.05) is 32.9 Å². The highest BCUT2D eigenvalue weighted by Gasteiger charge is 2.44. The summed E-state index contributed by atoms with van der Waals surface area (Å²) >= 11 is 3.44. The molecule has 0 bridgehead atoms. The first-order chi connectivity index (χ1) is 17.6. The molecule has 37 heavy (non-hydrogen) atoms. The number of nitrogen functional groups attached to an aromatic ring is 1. The monoisotopic (exact) mass is 575 g/mol.